The van der Waals surface area contributed by atoms with Crippen LogP contribution in [0.5, 0.6) is 0 Å². The number of carbonyl (C=O) groups is 6. The first-order chi connectivity index (χ1) is 27.0. The first-order valence-electron chi connectivity index (χ1n) is 16.9. The van der Waals surface area contributed by atoms with Crippen molar-refractivity contribution in [3.8, 4) is 0 Å². The van der Waals surface area contributed by atoms with Crippen molar-refractivity contribution in [1.29, 1.82) is 0 Å². The number of aliphatic carboxylic acids is 1. The van der Waals surface area contributed by atoms with Gasteiger partial charge < -0.3 is 35.8 Å². The smallest absolute Gasteiger partial charge is 0.317 e. The van der Waals surface area contributed by atoms with Crippen LogP contribution in [0.1, 0.15) is 6.42 Å². The minimum absolute atomic E-state index is 0.0633. The second kappa shape index (κ2) is 25.8. The van der Waals surface area contributed by atoms with Gasteiger partial charge in [0, 0.05) is 55.5 Å². The first kappa shape index (κ1) is 48.8. The Hall–Kier alpha value is -4.34. The Morgan fingerprint density at radius 3 is 1.61 bits per heavy atom. The molecule has 25 heteroatoms. The van der Waals surface area contributed by atoms with Crippen LogP contribution < -0.4 is 31.5 Å². The molecule has 0 aliphatic heterocycles. The lowest BCUT2D eigenvalue weighted by molar-refractivity contribution is -0.139. The number of rotatable bonds is 29. The zero-order valence-electron chi connectivity index (χ0n) is 30.6. The van der Waals surface area contributed by atoms with Crippen molar-refractivity contribution < 1.29 is 60.2 Å². The lowest BCUT2D eigenvalue weighted by atomic mass is 10.3. The number of carboxylic acids is 1. The first-order valence-corrected chi connectivity index (χ1v) is 22.5. The average Bonchev–Trinajstić information content (AvgIpc) is 3.12. The quantitative estimate of drug-likeness (QED) is 0.0276. The van der Waals surface area contributed by atoms with Crippen LogP contribution in [0, 0.1) is 0 Å². The normalized spacial score (nSPS) is 11.5. The van der Waals surface area contributed by atoms with Crippen molar-refractivity contribution in [3.63, 3.8) is 0 Å². The van der Waals surface area contributed by atoms with Crippen molar-refractivity contribution in [2.45, 2.75) is 16.2 Å². The van der Waals surface area contributed by atoms with Crippen molar-refractivity contribution in [1.82, 2.24) is 20.4 Å². The van der Waals surface area contributed by atoms with Crippen LogP contribution in [0.15, 0.2) is 58.3 Å². The average molecular weight is 879 g/mol. The number of benzene rings is 2. The van der Waals surface area contributed by atoms with E-state index in [-0.39, 0.29) is 79.4 Å². The molecule has 0 aliphatic carbocycles. The standard InChI is InChI=1S/C32H46N8O13S4/c33-56(48,49)26-5-1-24(2-6-26)37-30(44)20-39(19-29(43)35-10-15-52-14-9-28(42)36-11-17-54-55-18-16-53-23-41)12-13-40(22-32(46)47)21-31(45)38-25-3-7-27(8-4-25)57(34,50)51/h1-8,23H,9-22H2,(H,35,43)(H,36,42)(H,37,44)(H,38,45)(H,46,47)(H2,33,48,49)(H2,34,50,51). The van der Waals surface area contributed by atoms with E-state index in [0.29, 0.717) is 31.1 Å². The molecule has 0 atom stereocenters. The van der Waals surface area contributed by atoms with Gasteiger partial charge in [0.2, 0.25) is 43.7 Å². The predicted octanol–water partition coefficient (Wildman–Crippen LogP) is -1.56. The van der Waals surface area contributed by atoms with Crippen LogP contribution in [-0.2, 0) is 58.3 Å². The fraction of sp³-hybridized carbons (Fsp3) is 0.438. The molecule has 0 aromatic heterocycles. The Morgan fingerprint density at radius 1 is 0.649 bits per heavy atom. The Balaban J connectivity index is 1.93. The molecule has 0 aliphatic rings. The molecular weight excluding hydrogens is 833 g/mol. The fourth-order valence-electron chi connectivity index (χ4n) is 4.52. The number of ether oxygens (including phenoxy) is 2. The van der Waals surface area contributed by atoms with Crippen molar-refractivity contribution in [2.24, 2.45) is 10.3 Å². The van der Waals surface area contributed by atoms with Gasteiger partial charge in [0.1, 0.15) is 6.61 Å². The summed E-state index contributed by atoms with van der Waals surface area (Å²) in [5.41, 5.74) is 0.460. The summed E-state index contributed by atoms with van der Waals surface area (Å²) >= 11 is 0. The number of nitrogens with one attached hydrogen (secondary N) is 4. The summed E-state index contributed by atoms with van der Waals surface area (Å²) < 4.78 is 56.2. The van der Waals surface area contributed by atoms with E-state index in [9.17, 15) is 50.7 Å². The molecule has 21 nitrogen and oxygen atoms in total. The summed E-state index contributed by atoms with van der Waals surface area (Å²) in [6, 6.07) is 10.0. The lowest BCUT2D eigenvalue weighted by Gasteiger charge is -2.26. The van der Waals surface area contributed by atoms with E-state index in [1.165, 1.54) is 79.9 Å². The van der Waals surface area contributed by atoms with Gasteiger partial charge in [0.25, 0.3) is 6.47 Å². The molecule has 0 bridgehead atoms. The molecule has 57 heavy (non-hydrogen) atoms. The number of hydrogen-bond donors (Lipinski definition) is 7. The Labute approximate surface area is 337 Å². The Bertz CT molecular complexity index is 1850. The molecule has 316 valence electrons. The highest BCUT2D eigenvalue weighted by atomic mass is 33.1. The summed E-state index contributed by atoms with van der Waals surface area (Å²) in [5, 5.41) is 30.2. The largest absolute Gasteiger partial charge is 0.480 e. The third-order valence-corrected chi connectivity index (χ3v) is 11.3. The van der Waals surface area contributed by atoms with Crippen LogP contribution in [-0.4, -0.2) is 151 Å². The van der Waals surface area contributed by atoms with Gasteiger partial charge in [0.05, 0.1) is 49.2 Å². The summed E-state index contributed by atoms with van der Waals surface area (Å²) in [6.07, 6.45) is 0.0995. The minimum atomic E-state index is -3.97. The molecule has 0 saturated heterocycles. The highest BCUT2D eigenvalue weighted by Crippen LogP contribution is 2.19. The van der Waals surface area contributed by atoms with E-state index >= 15 is 0 Å². The lowest BCUT2D eigenvalue weighted by Crippen LogP contribution is -2.46. The van der Waals surface area contributed by atoms with Crippen LogP contribution in [0.3, 0.4) is 0 Å². The minimum Gasteiger partial charge on any atom is -0.480 e. The highest BCUT2D eigenvalue weighted by Gasteiger charge is 2.20. The number of sulfonamides is 2. The maximum atomic E-state index is 13.0. The highest BCUT2D eigenvalue weighted by molar-refractivity contribution is 8.76. The number of amides is 4. The topological polar surface area (TPSA) is 316 Å². The summed E-state index contributed by atoms with van der Waals surface area (Å²) in [4.78, 5) is 74.7. The molecule has 0 spiro atoms. The SMILES string of the molecule is NS(=O)(=O)c1ccc(NC(=O)CN(CCN(CC(=O)NCCOCCC(=O)NCCSSCCOC=O)CC(=O)Nc2ccc(S(N)(=O)=O)cc2)CC(=O)O)cc1. The second-order valence-corrected chi connectivity index (χ2v) is 17.5. The van der Waals surface area contributed by atoms with Gasteiger partial charge in [-0.1, -0.05) is 21.6 Å². The zero-order valence-corrected chi connectivity index (χ0v) is 33.9. The molecule has 0 saturated carbocycles. The number of nitrogens with zero attached hydrogens (tertiary/aromatic N) is 2. The van der Waals surface area contributed by atoms with Gasteiger partial charge >= 0.3 is 5.97 Å². The maximum absolute atomic E-state index is 13.0. The van der Waals surface area contributed by atoms with Gasteiger partial charge in [-0.05, 0) is 48.5 Å². The van der Waals surface area contributed by atoms with Gasteiger partial charge in [-0.15, -0.1) is 0 Å². The van der Waals surface area contributed by atoms with Crippen molar-refractivity contribution >= 4 is 89.1 Å². The third kappa shape index (κ3) is 22.3. The summed E-state index contributed by atoms with van der Waals surface area (Å²) in [6.45, 7) is -0.449. The molecule has 0 radical (unpaired) electrons. The number of primary sulfonamides is 2. The van der Waals surface area contributed by atoms with Crippen LogP contribution in [0.25, 0.3) is 0 Å². The van der Waals surface area contributed by atoms with Crippen LogP contribution >= 0.6 is 21.6 Å². The van der Waals surface area contributed by atoms with Crippen LogP contribution in [0.2, 0.25) is 0 Å². The Morgan fingerprint density at radius 2 is 1.12 bits per heavy atom. The summed E-state index contributed by atoms with van der Waals surface area (Å²) in [7, 11) is -4.89. The molecule has 2 aromatic rings. The molecule has 4 amide bonds. The zero-order chi connectivity index (χ0) is 42.3. The van der Waals surface area contributed by atoms with E-state index in [0.717, 1.165) is 0 Å². The maximum Gasteiger partial charge on any atom is 0.317 e. The Kier molecular flexibility index (Phi) is 22.1. The molecule has 2 rings (SSSR count). The number of hydrogen-bond acceptors (Lipinski definition) is 16. The van der Waals surface area contributed by atoms with Gasteiger partial charge in [-0.3, -0.25) is 38.6 Å². The van der Waals surface area contributed by atoms with Gasteiger partial charge in [-0.25, -0.2) is 27.1 Å². The summed E-state index contributed by atoms with van der Waals surface area (Å²) in [5.74, 6) is -1.91. The molecule has 0 heterocycles. The number of nitrogens with two attached hydrogens (primary N) is 2. The third-order valence-electron chi connectivity index (χ3n) is 7.11. The van der Waals surface area contributed by atoms with E-state index in [1.807, 2.05) is 0 Å². The van der Waals surface area contributed by atoms with E-state index in [2.05, 4.69) is 26.0 Å². The monoisotopic (exact) mass is 878 g/mol. The van der Waals surface area contributed by atoms with Crippen LogP contribution in [0.4, 0.5) is 11.4 Å². The van der Waals surface area contributed by atoms with E-state index in [1.54, 1.807) is 0 Å². The predicted molar refractivity (Wildman–Crippen MR) is 212 cm³/mol. The molecule has 2 aromatic carbocycles. The van der Waals surface area contributed by atoms with E-state index in [4.69, 9.17) is 15.0 Å². The van der Waals surface area contributed by atoms with Crippen molar-refractivity contribution in [2.75, 3.05) is 94.3 Å². The fourth-order valence-corrected chi connectivity index (χ4v) is 7.30. The second-order valence-electron chi connectivity index (χ2n) is 11.7. The van der Waals surface area contributed by atoms with Gasteiger partial charge in [-0.2, -0.15) is 0 Å². The molecule has 0 unspecified atom stereocenters. The number of carbonyl (C=O) groups excluding carboxylic acids is 5. The number of carboxylic acid groups (broad SMARTS) is 1. The van der Waals surface area contributed by atoms with E-state index < -0.39 is 56.8 Å². The number of anilines is 2. The van der Waals surface area contributed by atoms with Gasteiger partial charge in [0.15, 0.2) is 0 Å². The van der Waals surface area contributed by atoms with Crippen molar-refractivity contribution in [3.05, 3.63) is 48.5 Å². The molecular formula is C32H46N8O13S4. The molecule has 0 fully saturated rings. The molecule has 9 N–H and O–H groups in total.